The second kappa shape index (κ2) is 5.54. The molecule has 0 bridgehead atoms. The average Bonchev–Trinajstić information content (AvgIpc) is 2.35. The van der Waals surface area contributed by atoms with Gasteiger partial charge in [0.25, 0.3) is 5.91 Å². The number of sulfone groups is 1. The second-order valence-electron chi connectivity index (χ2n) is 5.24. The first-order valence-corrected chi connectivity index (χ1v) is 8.42. The lowest BCUT2D eigenvalue weighted by atomic mass is 10.1. The third-order valence-electron chi connectivity index (χ3n) is 3.22. The predicted molar refractivity (Wildman–Crippen MR) is 75.5 cm³/mol. The molecule has 1 amide bonds. The highest BCUT2D eigenvalue weighted by atomic mass is 32.2. The Balaban J connectivity index is 2.35. The molecule has 0 N–H and O–H groups in total. The van der Waals surface area contributed by atoms with Gasteiger partial charge in [0.05, 0.1) is 22.7 Å². The Morgan fingerprint density at radius 3 is 2.30 bits per heavy atom. The lowest BCUT2D eigenvalue weighted by molar-refractivity contribution is -0.0586. The van der Waals surface area contributed by atoms with E-state index in [1.807, 2.05) is 13.8 Å². The van der Waals surface area contributed by atoms with Crippen LogP contribution in [0.25, 0.3) is 0 Å². The standard InChI is InChI=1S/C14H19NO4S/c1-10-8-15(9-11(2)19-10)14(16)12-6-4-5-7-13(12)20(3,17)18/h4-7,10-11H,8-9H2,1-3H3/t10-,11-/m0/s1. The van der Waals surface area contributed by atoms with Gasteiger partial charge in [-0.05, 0) is 26.0 Å². The fraction of sp³-hybridized carbons (Fsp3) is 0.500. The molecule has 1 saturated heterocycles. The zero-order valence-corrected chi connectivity index (χ0v) is 12.7. The number of morpholine rings is 1. The van der Waals surface area contributed by atoms with Crippen molar-refractivity contribution in [2.75, 3.05) is 19.3 Å². The van der Waals surface area contributed by atoms with Crippen molar-refractivity contribution in [1.82, 2.24) is 4.90 Å². The summed E-state index contributed by atoms with van der Waals surface area (Å²) in [6.45, 7) is 4.75. The van der Waals surface area contributed by atoms with Crippen LogP contribution in [0.1, 0.15) is 24.2 Å². The highest BCUT2D eigenvalue weighted by molar-refractivity contribution is 7.90. The minimum atomic E-state index is -3.42. The van der Waals surface area contributed by atoms with Crippen LogP contribution in [-0.2, 0) is 14.6 Å². The van der Waals surface area contributed by atoms with Gasteiger partial charge >= 0.3 is 0 Å². The van der Waals surface area contributed by atoms with E-state index in [0.29, 0.717) is 13.1 Å². The molecule has 0 unspecified atom stereocenters. The summed E-state index contributed by atoms with van der Waals surface area (Å²) in [4.78, 5) is 14.3. The first-order valence-electron chi connectivity index (χ1n) is 6.53. The largest absolute Gasteiger partial charge is 0.372 e. The van der Waals surface area contributed by atoms with E-state index in [-0.39, 0.29) is 28.6 Å². The van der Waals surface area contributed by atoms with E-state index in [2.05, 4.69) is 0 Å². The number of amides is 1. The molecule has 0 radical (unpaired) electrons. The van der Waals surface area contributed by atoms with Crippen molar-refractivity contribution in [3.05, 3.63) is 29.8 Å². The van der Waals surface area contributed by atoms with Crippen LogP contribution in [0, 0.1) is 0 Å². The fourth-order valence-corrected chi connectivity index (χ4v) is 3.36. The van der Waals surface area contributed by atoms with Gasteiger partial charge in [-0.1, -0.05) is 12.1 Å². The molecule has 6 heteroatoms. The van der Waals surface area contributed by atoms with Crippen molar-refractivity contribution >= 4 is 15.7 Å². The molecule has 5 nitrogen and oxygen atoms in total. The van der Waals surface area contributed by atoms with Crippen molar-refractivity contribution in [2.24, 2.45) is 0 Å². The number of rotatable bonds is 2. The van der Waals surface area contributed by atoms with Crippen LogP contribution in [0.15, 0.2) is 29.2 Å². The molecule has 20 heavy (non-hydrogen) atoms. The maximum absolute atomic E-state index is 12.6. The van der Waals surface area contributed by atoms with Crippen LogP contribution in [0.5, 0.6) is 0 Å². The van der Waals surface area contributed by atoms with Crippen molar-refractivity contribution in [1.29, 1.82) is 0 Å². The summed E-state index contributed by atoms with van der Waals surface area (Å²) in [6, 6.07) is 6.33. The third kappa shape index (κ3) is 3.19. The fourth-order valence-electron chi connectivity index (χ4n) is 2.48. The van der Waals surface area contributed by atoms with Crippen LogP contribution in [0.4, 0.5) is 0 Å². The van der Waals surface area contributed by atoms with E-state index in [1.165, 1.54) is 6.07 Å². The normalized spacial score (nSPS) is 23.6. The molecule has 1 heterocycles. The molecule has 0 aliphatic carbocycles. The van der Waals surface area contributed by atoms with E-state index >= 15 is 0 Å². The number of hydrogen-bond donors (Lipinski definition) is 0. The lowest BCUT2D eigenvalue weighted by Gasteiger charge is -2.35. The van der Waals surface area contributed by atoms with Gasteiger partial charge in [-0.2, -0.15) is 0 Å². The number of ether oxygens (including phenoxy) is 1. The van der Waals surface area contributed by atoms with Crippen LogP contribution < -0.4 is 0 Å². The lowest BCUT2D eigenvalue weighted by Crippen LogP contribution is -2.48. The van der Waals surface area contributed by atoms with Gasteiger partial charge in [-0.15, -0.1) is 0 Å². The molecule has 2 rings (SSSR count). The molecule has 0 saturated carbocycles. The molecular weight excluding hydrogens is 278 g/mol. The molecule has 1 aromatic rings. The minimum absolute atomic E-state index is 0.0481. The Labute approximate surface area is 119 Å². The summed E-state index contributed by atoms with van der Waals surface area (Å²) in [6.07, 6.45) is 1.02. The average molecular weight is 297 g/mol. The second-order valence-corrected chi connectivity index (χ2v) is 7.22. The van der Waals surface area contributed by atoms with Crippen LogP contribution in [-0.4, -0.2) is 50.8 Å². The summed E-state index contributed by atoms with van der Waals surface area (Å²) < 4.78 is 29.1. The first-order chi connectivity index (χ1) is 9.29. The van der Waals surface area contributed by atoms with Crippen LogP contribution in [0.2, 0.25) is 0 Å². The maximum atomic E-state index is 12.6. The number of carbonyl (C=O) groups excluding carboxylic acids is 1. The van der Waals surface area contributed by atoms with Gasteiger partial charge in [0.2, 0.25) is 0 Å². The van der Waals surface area contributed by atoms with E-state index < -0.39 is 9.84 Å². The topological polar surface area (TPSA) is 63.7 Å². The number of nitrogens with zero attached hydrogens (tertiary/aromatic N) is 1. The molecule has 1 aliphatic rings. The highest BCUT2D eigenvalue weighted by Gasteiger charge is 2.29. The van der Waals surface area contributed by atoms with Crippen molar-refractivity contribution in [3.63, 3.8) is 0 Å². The molecule has 1 aliphatic heterocycles. The predicted octanol–water partition coefficient (Wildman–Crippen LogP) is 1.34. The molecule has 2 atom stereocenters. The number of carbonyl (C=O) groups is 1. The van der Waals surface area contributed by atoms with E-state index in [4.69, 9.17) is 4.74 Å². The zero-order chi connectivity index (χ0) is 14.9. The highest BCUT2D eigenvalue weighted by Crippen LogP contribution is 2.20. The Hall–Kier alpha value is -1.40. The molecule has 1 aromatic carbocycles. The van der Waals surface area contributed by atoms with Crippen molar-refractivity contribution in [2.45, 2.75) is 31.0 Å². The zero-order valence-electron chi connectivity index (χ0n) is 11.9. The van der Waals surface area contributed by atoms with E-state index in [9.17, 15) is 13.2 Å². The summed E-state index contributed by atoms with van der Waals surface area (Å²) in [5, 5.41) is 0. The van der Waals surface area contributed by atoms with Gasteiger partial charge in [0, 0.05) is 19.3 Å². The van der Waals surface area contributed by atoms with Crippen molar-refractivity contribution in [3.8, 4) is 0 Å². The van der Waals surface area contributed by atoms with Gasteiger partial charge in [0.15, 0.2) is 9.84 Å². The Morgan fingerprint density at radius 1 is 1.20 bits per heavy atom. The molecule has 0 spiro atoms. The van der Waals surface area contributed by atoms with E-state index in [0.717, 1.165) is 6.26 Å². The quantitative estimate of drug-likeness (QED) is 0.826. The van der Waals surface area contributed by atoms with Crippen LogP contribution >= 0.6 is 0 Å². The summed E-state index contributed by atoms with van der Waals surface area (Å²) in [5.74, 6) is -0.256. The SMILES string of the molecule is C[C@H]1CN(C(=O)c2ccccc2S(C)(=O)=O)C[C@H](C)O1. The van der Waals surface area contributed by atoms with Gasteiger partial charge in [0.1, 0.15) is 0 Å². The Morgan fingerprint density at radius 2 is 1.75 bits per heavy atom. The maximum Gasteiger partial charge on any atom is 0.255 e. The summed E-state index contributed by atoms with van der Waals surface area (Å²) in [7, 11) is -3.42. The molecule has 110 valence electrons. The summed E-state index contributed by atoms with van der Waals surface area (Å²) >= 11 is 0. The van der Waals surface area contributed by atoms with Crippen molar-refractivity contribution < 1.29 is 17.9 Å². The van der Waals surface area contributed by atoms with Gasteiger partial charge in [-0.25, -0.2) is 8.42 Å². The van der Waals surface area contributed by atoms with Gasteiger partial charge < -0.3 is 9.64 Å². The van der Waals surface area contributed by atoms with Gasteiger partial charge in [-0.3, -0.25) is 4.79 Å². The summed E-state index contributed by atoms with van der Waals surface area (Å²) in [5.41, 5.74) is 0.233. The number of hydrogen-bond acceptors (Lipinski definition) is 4. The Kier molecular flexibility index (Phi) is 4.15. The van der Waals surface area contributed by atoms with Crippen LogP contribution in [0.3, 0.4) is 0 Å². The minimum Gasteiger partial charge on any atom is -0.372 e. The smallest absolute Gasteiger partial charge is 0.255 e. The third-order valence-corrected chi connectivity index (χ3v) is 4.38. The Bertz CT molecular complexity index is 601. The number of benzene rings is 1. The molecule has 0 aromatic heterocycles. The first kappa shape index (κ1) is 15.0. The van der Waals surface area contributed by atoms with E-state index in [1.54, 1.807) is 23.1 Å². The monoisotopic (exact) mass is 297 g/mol. The molecule has 1 fully saturated rings. The molecular formula is C14H19NO4S.